The third-order valence-electron chi connectivity index (χ3n) is 2.65. The van der Waals surface area contributed by atoms with E-state index in [2.05, 4.69) is 24.1 Å². The third kappa shape index (κ3) is 3.60. The highest BCUT2D eigenvalue weighted by atomic mass is 32.1. The van der Waals surface area contributed by atoms with Gasteiger partial charge in [-0.05, 0) is 50.7 Å². The summed E-state index contributed by atoms with van der Waals surface area (Å²) in [6, 6.07) is 6.02. The van der Waals surface area contributed by atoms with Gasteiger partial charge in [0.2, 0.25) is 0 Å². The van der Waals surface area contributed by atoms with Gasteiger partial charge in [0, 0.05) is 13.1 Å². The number of hydrogen-bond acceptors (Lipinski definition) is 2. The van der Waals surface area contributed by atoms with E-state index in [-0.39, 0.29) is 0 Å². The monoisotopic (exact) mass is 252 g/mol. The molecule has 0 bridgehead atoms. The summed E-state index contributed by atoms with van der Waals surface area (Å²) in [5.41, 5.74) is 2.08. The van der Waals surface area contributed by atoms with Gasteiger partial charge in [0.25, 0.3) is 0 Å². The molecule has 0 unspecified atom stereocenters. The summed E-state index contributed by atoms with van der Waals surface area (Å²) < 4.78 is 5.33. The zero-order valence-corrected chi connectivity index (χ0v) is 11.7. The Bertz CT molecular complexity index is 389. The molecule has 0 saturated carbocycles. The number of nitrogens with zero attached hydrogens (tertiary/aromatic N) is 1. The van der Waals surface area contributed by atoms with Crippen molar-refractivity contribution in [2.75, 3.05) is 25.5 Å². The minimum absolute atomic E-state index is 0.733. The van der Waals surface area contributed by atoms with Crippen molar-refractivity contribution < 1.29 is 4.74 Å². The van der Waals surface area contributed by atoms with Crippen LogP contribution in [0, 0.1) is 6.92 Å². The lowest BCUT2D eigenvalue weighted by molar-refractivity contribution is 0.416. The normalized spacial score (nSPS) is 9.88. The van der Waals surface area contributed by atoms with Crippen LogP contribution in [0.25, 0.3) is 0 Å². The predicted molar refractivity (Wildman–Crippen MR) is 76.9 cm³/mol. The maximum absolute atomic E-state index is 5.36. The Labute approximate surface area is 109 Å². The largest absolute Gasteiger partial charge is 0.495 e. The fourth-order valence-electron chi connectivity index (χ4n) is 1.61. The van der Waals surface area contributed by atoms with Gasteiger partial charge in [0.15, 0.2) is 5.11 Å². The molecule has 0 fully saturated rings. The second kappa shape index (κ2) is 6.45. The van der Waals surface area contributed by atoms with Crippen LogP contribution in [0.5, 0.6) is 5.75 Å². The summed E-state index contributed by atoms with van der Waals surface area (Å²) in [6.45, 7) is 8.01. The molecule has 1 aromatic rings. The lowest BCUT2D eigenvalue weighted by atomic mass is 10.2. The van der Waals surface area contributed by atoms with Crippen molar-refractivity contribution in [3.05, 3.63) is 23.8 Å². The van der Waals surface area contributed by atoms with Crippen LogP contribution in [-0.4, -0.2) is 30.2 Å². The summed E-state index contributed by atoms with van der Waals surface area (Å²) in [6.07, 6.45) is 0. The zero-order valence-electron chi connectivity index (χ0n) is 10.9. The molecule has 4 heteroatoms. The molecule has 0 heterocycles. The van der Waals surface area contributed by atoms with E-state index in [0.29, 0.717) is 0 Å². The van der Waals surface area contributed by atoms with Crippen molar-refractivity contribution in [3.63, 3.8) is 0 Å². The van der Waals surface area contributed by atoms with E-state index >= 15 is 0 Å². The van der Waals surface area contributed by atoms with Crippen LogP contribution in [-0.2, 0) is 0 Å². The Kier molecular flexibility index (Phi) is 5.22. The van der Waals surface area contributed by atoms with Crippen LogP contribution in [0.2, 0.25) is 0 Å². The minimum Gasteiger partial charge on any atom is -0.495 e. The van der Waals surface area contributed by atoms with Crippen LogP contribution in [0.4, 0.5) is 5.69 Å². The Balaban J connectivity index is 2.84. The van der Waals surface area contributed by atoms with Gasteiger partial charge in [-0.2, -0.15) is 0 Å². The van der Waals surface area contributed by atoms with Crippen molar-refractivity contribution in [1.82, 2.24) is 4.90 Å². The van der Waals surface area contributed by atoms with E-state index in [0.717, 1.165) is 29.6 Å². The van der Waals surface area contributed by atoms with Gasteiger partial charge in [-0.15, -0.1) is 0 Å². The highest BCUT2D eigenvalue weighted by Gasteiger charge is 2.08. The number of methoxy groups -OCH3 is 1. The van der Waals surface area contributed by atoms with Crippen LogP contribution in [0.3, 0.4) is 0 Å². The van der Waals surface area contributed by atoms with Crippen molar-refractivity contribution in [2.24, 2.45) is 0 Å². The average Bonchev–Trinajstić information content (AvgIpc) is 2.33. The molecule has 3 nitrogen and oxygen atoms in total. The molecular formula is C13H20N2OS. The lowest BCUT2D eigenvalue weighted by Crippen LogP contribution is -2.34. The maximum atomic E-state index is 5.36. The van der Waals surface area contributed by atoms with Crippen LogP contribution >= 0.6 is 12.2 Å². The summed E-state index contributed by atoms with van der Waals surface area (Å²) in [7, 11) is 1.67. The standard InChI is InChI=1S/C13H20N2OS/c1-5-15(6-2)13(17)14-11-8-7-10(3)9-12(11)16-4/h7-9H,5-6H2,1-4H3,(H,14,17). The minimum atomic E-state index is 0.733. The Morgan fingerprint density at radius 2 is 2.00 bits per heavy atom. The van der Waals surface area contributed by atoms with E-state index in [9.17, 15) is 0 Å². The molecule has 17 heavy (non-hydrogen) atoms. The smallest absolute Gasteiger partial charge is 0.173 e. The highest BCUT2D eigenvalue weighted by molar-refractivity contribution is 7.80. The van der Waals surface area contributed by atoms with E-state index < -0.39 is 0 Å². The molecule has 0 aliphatic rings. The second-order valence-corrected chi connectivity index (χ2v) is 4.19. The van der Waals surface area contributed by atoms with Crippen LogP contribution < -0.4 is 10.1 Å². The fourth-order valence-corrected chi connectivity index (χ4v) is 1.97. The topological polar surface area (TPSA) is 24.5 Å². The average molecular weight is 252 g/mol. The number of aryl methyl sites for hydroxylation is 1. The number of anilines is 1. The van der Waals surface area contributed by atoms with Crippen molar-refractivity contribution in [2.45, 2.75) is 20.8 Å². The zero-order chi connectivity index (χ0) is 12.8. The van der Waals surface area contributed by atoms with E-state index in [4.69, 9.17) is 17.0 Å². The van der Waals surface area contributed by atoms with Crippen LogP contribution in [0.15, 0.2) is 18.2 Å². The molecule has 94 valence electrons. The van der Waals surface area contributed by atoms with Crippen molar-refractivity contribution in [3.8, 4) is 5.75 Å². The molecule has 0 spiro atoms. The number of thiocarbonyl (C=S) groups is 1. The SMILES string of the molecule is CCN(CC)C(=S)Nc1ccc(C)cc1OC. The Hall–Kier alpha value is -1.29. The highest BCUT2D eigenvalue weighted by Crippen LogP contribution is 2.25. The first-order valence-electron chi connectivity index (χ1n) is 5.82. The molecule has 0 aliphatic carbocycles. The second-order valence-electron chi connectivity index (χ2n) is 3.81. The lowest BCUT2D eigenvalue weighted by Gasteiger charge is -2.23. The predicted octanol–water partition coefficient (Wildman–Crippen LogP) is 3.04. The van der Waals surface area contributed by atoms with Gasteiger partial charge in [0.05, 0.1) is 12.8 Å². The number of rotatable bonds is 4. The molecule has 0 radical (unpaired) electrons. The molecule has 1 aromatic carbocycles. The molecule has 1 rings (SSSR count). The fraction of sp³-hybridized carbons (Fsp3) is 0.462. The first-order valence-corrected chi connectivity index (χ1v) is 6.23. The maximum Gasteiger partial charge on any atom is 0.173 e. The first kappa shape index (κ1) is 13.8. The van der Waals surface area contributed by atoms with Gasteiger partial charge in [-0.3, -0.25) is 0 Å². The van der Waals surface area contributed by atoms with E-state index in [1.807, 2.05) is 25.1 Å². The van der Waals surface area contributed by atoms with E-state index in [1.54, 1.807) is 7.11 Å². The number of hydrogen-bond donors (Lipinski definition) is 1. The summed E-state index contributed by atoms with van der Waals surface area (Å²) in [5.74, 6) is 0.819. The summed E-state index contributed by atoms with van der Waals surface area (Å²) in [4.78, 5) is 2.09. The Morgan fingerprint density at radius 3 is 2.53 bits per heavy atom. The van der Waals surface area contributed by atoms with Crippen LogP contribution in [0.1, 0.15) is 19.4 Å². The third-order valence-corrected chi connectivity index (χ3v) is 3.01. The summed E-state index contributed by atoms with van der Waals surface area (Å²) in [5, 5.41) is 3.96. The first-order chi connectivity index (χ1) is 8.12. The van der Waals surface area contributed by atoms with Crippen molar-refractivity contribution in [1.29, 1.82) is 0 Å². The van der Waals surface area contributed by atoms with Gasteiger partial charge in [-0.1, -0.05) is 6.07 Å². The van der Waals surface area contributed by atoms with Gasteiger partial charge in [-0.25, -0.2) is 0 Å². The molecule has 0 amide bonds. The molecule has 0 atom stereocenters. The molecule has 0 aliphatic heterocycles. The van der Waals surface area contributed by atoms with Gasteiger partial charge >= 0.3 is 0 Å². The van der Waals surface area contributed by atoms with Crippen molar-refractivity contribution >= 4 is 23.0 Å². The number of ether oxygens (including phenoxy) is 1. The molecule has 0 saturated heterocycles. The summed E-state index contributed by atoms with van der Waals surface area (Å²) >= 11 is 5.36. The molecule has 0 aromatic heterocycles. The Morgan fingerprint density at radius 1 is 1.35 bits per heavy atom. The van der Waals surface area contributed by atoms with E-state index in [1.165, 1.54) is 5.56 Å². The van der Waals surface area contributed by atoms with Gasteiger partial charge < -0.3 is 15.0 Å². The number of benzene rings is 1. The number of nitrogens with one attached hydrogen (secondary N) is 1. The molecular weight excluding hydrogens is 232 g/mol. The van der Waals surface area contributed by atoms with Gasteiger partial charge in [0.1, 0.15) is 5.75 Å². The quantitative estimate of drug-likeness (QED) is 0.832. The molecule has 1 N–H and O–H groups in total.